The second-order valence-electron chi connectivity index (χ2n) is 9.07. The number of rotatable bonds is 3. The van der Waals surface area contributed by atoms with Gasteiger partial charge in [0.1, 0.15) is 5.82 Å². The fourth-order valence-corrected chi connectivity index (χ4v) is 4.96. The average Bonchev–Trinajstić information content (AvgIpc) is 3.57. The molecule has 0 aliphatic carbocycles. The number of carbonyl (C=O) groups excluding carboxylic acids is 2. The molecular formula is C24H28N6O3. The third kappa shape index (κ3) is 3.61. The molecule has 0 saturated carbocycles. The molecule has 0 radical (unpaired) electrons. The number of nitrogens with zero attached hydrogens (tertiary/aromatic N) is 6. The van der Waals surface area contributed by atoms with E-state index in [-0.39, 0.29) is 23.4 Å². The number of aromatic nitrogens is 4. The number of carbonyl (C=O) groups is 2. The van der Waals surface area contributed by atoms with E-state index in [1.165, 1.54) is 0 Å². The summed E-state index contributed by atoms with van der Waals surface area (Å²) < 4.78 is 3.13. The lowest BCUT2D eigenvalue weighted by molar-refractivity contribution is 0.0784. The van der Waals surface area contributed by atoms with Crippen LogP contribution in [0.1, 0.15) is 57.4 Å². The van der Waals surface area contributed by atoms with Crippen LogP contribution in [0.25, 0.3) is 11.0 Å². The molecule has 1 aromatic carbocycles. The number of imidazole rings is 1. The van der Waals surface area contributed by atoms with Crippen molar-refractivity contribution in [3.05, 3.63) is 57.5 Å². The van der Waals surface area contributed by atoms with Crippen molar-refractivity contribution < 1.29 is 9.59 Å². The van der Waals surface area contributed by atoms with Crippen LogP contribution >= 0.6 is 0 Å². The molecule has 172 valence electrons. The zero-order valence-electron chi connectivity index (χ0n) is 19.2. The Morgan fingerprint density at radius 2 is 1.70 bits per heavy atom. The van der Waals surface area contributed by atoms with Crippen molar-refractivity contribution in [3.63, 3.8) is 0 Å². The summed E-state index contributed by atoms with van der Waals surface area (Å²) in [6, 6.07) is 5.38. The van der Waals surface area contributed by atoms with E-state index in [0.29, 0.717) is 35.7 Å². The fraction of sp³-hybridized carbons (Fsp3) is 0.458. The van der Waals surface area contributed by atoms with Crippen LogP contribution in [0.15, 0.2) is 29.2 Å². The Balaban J connectivity index is 1.32. The molecule has 1 atom stereocenters. The molecule has 2 amide bonds. The summed E-state index contributed by atoms with van der Waals surface area (Å²) in [5, 5.41) is 0. The van der Waals surface area contributed by atoms with E-state index >= 15 is 0 Å². The summed E-state index contributed by atoms with van der Waals surface area (Å²) >= 11 is 0. The molecule has 0 unspecified atom stereocenters. The van der Waals surface area contributed by atoms with E-state index in [1.807, 2.05) is 22.8 Å². The minimum absolute atomic E-state index is 0.00507. The quantitative estimate of drug-likeness (QED) is 0.610. The predicted octanol–water partition coefficient (Wildman–Crippen LogP) is 1.84. The number of likely N-dealkylation sites (tertiary alicyclic amines) is 2. The van der Waals surface area contributed by atoms with Gasteiger partial charge in [-0.1, -0.05) is 0 Å². The maximum atomic E-state index is 13.2. The first-order valence-electron chi connectivity index (χ1n) is 11.4. The van der Waals surface area contributed by atoms with Gasteiger partial charge in [-0.3, -0.25) is 18.7 Å². The lowest BCUT2D eigenvalue weighted by Gasteiger charge is -2.18. The Morgan fingerprint density at radius 1 is 0.970 bits per heavy atom. The molecule has 5 rings (SSSR count). The topological polar surface area (TPSA) is 93.3 Å². The van der Waals surface area contributed by atoms with Gasteiger partial charge in [0.25, 0.3) is 11.8 Å². The van der Waals surface area contributed by atoms with Crippen LogP contribution in [-0.2, 0) is 14.1 Å². The molecule has 2 aliphatic rings. The van der Waals surface area contributed by atoms with Gasteiger partial charge in [0.15, 0.2) is 0 Å². The Hall–Kier alpha value is -3.49. The van der Waals surface area contributed by atoms with Crippen molar-refractivity contribution in [2.24, 2.45) is 14.1 Å². The molecule has 3 aromatic rings. The third-order valence-corrected chi connectivity index (χ3v) is 6.98. The van der Waals surface area contributed by atoms with Crippen LogP contribution in [-0.4, -0.2) is 66.9 Å². The zero-order valence-corrected chi connectivity index (χ0v) is 19.2. The highest BCUT2D eigenvalue weighted by Crippen LogP contribution is 2.27. The Kier molecular flexibility index (Phi) is 5.26. The lowest BCUT2D eigenvalue weighted by atomic mass is 10.1. The van der Waals surface area contributed by atoms with E-state index in [4.69, 9.17) is 0 Å². The number of amides is 2. The highest BCUT2D eigenvalue weighted by atomic mass is 16.2. The summed E-state index contributed by atoms with van der Waals surface area (Å²) in [5.74, 6) is 0.661. The van der Waals surface area contributed by atoms with Crippen LogP contribution in [0, 0.1) is 6.92 Å². The van der Waals surface area contributed by atoms with Gasteiger partial charge < -0.3 is 9.80 Å². The van der Waals surface area contributed by atoms with Gasteiger partial charge >= 0.3 is 5.69 Å². The second kappa shape index (κ2) is 8.13. The van der Waals surface area contributed by atoms with Crippen molar-refractivity contribution in [3.8, 4) is 0 Å². The molecule has 2 fully saturated rings. The summed E-state index contributed by atoms with van der Waals surface area (Å²) in [4.78, 5) is 50.9. The Bertz CT molecular complexity index is 1320. The van der Waals surface area contributed by atoms with Crippen molar-refractivity contribution in [1.82, 2.24) is 28.9 Å². The molecule has 0 spiro atoms. The van der Waals surface area contributed by atoms with Gasteiger partial charge in [0, 0.05) is 58.0 Å². The molecule has 0 N–H and O–H groups in total. The van der Waals surface area contributed by atoms with Crippen LogP contribution in [0.5, 0.6) is 0 Å². The van der Waals surface area contributed by atoms with Crippen LogP contribution in [0.3, 0.4) is 0 Å². The van der Waals surface area contributed by atoms with E-state index in [2.05, 4.69) is 9.97 Å². The maximum absolute atomic E-state index is 13.2. The first kappa shape index (κ1) is 21.4. The number of aryl methyl sites for hydroxylation is 3. The van der Waals surface area contributed by atoms with E-state index in [0.717, 1.165) is 43.4 Å². The summed E-state index contributed by atoms with van der Waals surface area (Å²) in [5.41, 5.74) is 3.24. The van der Waals surface area contributed by atoms with E-state index in [9.17, 15) is 14.4 Å². The SMILES string of the molecule is Cc1nc([C@@H]2CCN(C(=O)c3ccc4c(c3)n(C)c(=O)n4C)C2)ncc1C(=O)N1CCCC1. The molecular weight excluding hydrogens is 420 g/mol. The van der Waals surface area contributed by atoms with Gasteiger partial charge in [0.2, 0.25) is 0 Å². The first-order chi connectivity index (χ1) is 15.8. The summed E-state index contributed by atoms with van der Waals surface area (Å²) in [6.07, 6.45) is 4.51. The molecule has 9 heteroatoms. The highest BCUT2D eigenvalue weighted by molar-refractivity contribution is 5.97. The van der Waals surface area contributed by atoms with Crippen molar-refractivity contribution >= 4 is 22.8 Å². The largest absolute Gasteiger partial charge is 0.339 e. The first-order valence-corrected chi connectivity index (χ1v) is 11.4. The summed E-state index contributed by atoms with van der Waals surface area (Å²) in [6.45, 7) is 4.59. The standard InChI is InChI=1S/C24H28N6O3/c1-15-18(23(32)29-9-4-5-10-29)13-25-21(26-15)17-8-11-30(14-17)22(31)16-6-7-19-20(12-16)28(3)24(33)27(19)2/h6-7,12-13,17H,4-5,8-11,14H2,1-3H3/t17-/m1/s1. The van der Waals surface area contributed by atoms with Crippen molar-refractivity contribution in [2.75, 3.05) is 26.2 Å². The minimum atomic E-state index is -0.116. The minimum Gasteiger partial charge on any atom is -0.339 e. The fourth-order valence-electron chi connectivity index (χ4n) is 4.96. The van der Waals surface area contributed by atoms with Crippen molar-refractivity contribution in [1.29, 1.82) is 0 Å². The van der Waals surface area contributed by atoms with Crippen LogP contribution < -0.4 is 5.69 Å². The number of benzene rings is 1. The zero-order chi connectivity index (χ0) is 23.3. The van der Waals surface area contributed by atoms with Crippen LogP contribution in [0.2, 0.25) is 0 Å². The average molecular weight is 449 g/mol. The van der Waals surface area contributed by atoms with Gasteiger partial charge in [-0.25, -0.2) is 14.8 Å². The lowest BCUT2D eigenvalue weighted by Crippen LogP contribution is -2.29. The van der Waals surface area contributed by atoms with Gasteiger partial charge in [-0.05, 0) is 44.4 Å². The van der Waals surface area contributed by atoms with Crippen molar-refractivity contribution in [2.45, 2.75) is 32.1 Å². The summed E-state index contributed by atoms with van der Waals surface area (Å²) in [7, 11) is 3.44. The molecule has 2 aliphatic heterocycles. The normalized spacial score (nSPS) is 18.5. The predicted molar refractivity (Wildman–Crippen MR) is 123 cm³/mol. The molecule has 0 bridgehead atoms. The molecule has 2 aromatic heterocycles. The monoisotopic (exact) mass is 448 g/mol. The van der Waals surface area contributed by atoms with E-state index < -0.39 is 0 Å². The Morgan fingerprint density at radius 3 is 2.42 bits per heavy atom. The molecule has 4 heterocycles. The molecule has 9 nitrogen and oxygen atoms in total. The second-order valence-corrected chi connectivity index (χ2v) is 9.07. The molecule has 33 heavy (non-hydrogen) atoms. The van der Waals surface area contributed by atoms with E-state index in [1.54, 1.807) is 41.6 Å². The van der Waals surface area contributed by atoms with Gasteiger partial charge in [-0.2, -0.15) is 0 Å². The highest BCUT2D eigenvalue weighted by Gasteiger charge is 2.31. The Labute approximate surface area is 191 Å². The molecule has 2 saturated heterocycles. The number of hydrogen-bond acceptors (Lipinski definition) is 5. The smallest absolute Gasteiger partial charge is 0.328 e. The third-order valence-electron chi connectivity index (χ3n) is 6.98. The van der Waals surface area contributed by atoms with Gasteiger partial charge in [0.05, 0.1) is 22.3 Å². The van der Waals surface area contributed by atoms with Crippen LogP contribution in [0.4, 0.5) is 0 Å². The maximum Gasteiger partial charge on any atom is 0.328 e. The number of fused-ring (bicyclic) bond motifs is 1. The van der Waals surface area contributed by atoms with Gasteiger partial charge in [-0.15, -0.1) is 0 Å². The number of hydrogen-bond donors (Lipinski definition) is 0.